The molecule has 9 heteroatoms. The number of rotatable bonds is 4. The lowest BCUT2D eigenvalue weighted by atomic mass is 10.00. The van der Waals surface area contributed by atoms with E-state index >= 15 is 0 Å². The van der Waals surface area contributed by atoms with Gasteiger partial charge in [-0.15, -0.1) is 0 Å². The topological polar surface area (TPSA) is 114 Å². The number of nitrogens with one attached hydrogen (secondary N) is 1. The Morgan fingerprint density at radius 3 is 2.87 bits per heavy atom. The predicted molar refractivity (Wildman–Crippen MR) is 145 cm³/mol. The van der Waals surface area contributed by atoms with E-state index in [4.69, 9.17) is 4.42 Å². The normalized spacial score (nSPS) is 18.4. The maximum absolute atomic E-state index is 13.4. The van der Waals surface area contributed by atoms with Gasteiger partial charge in [-0.25, -0.2) is 9.98 Å². The van der Waals surface area contributed by atoms with Crippen LogP contribution < -0.4 is 5.32 Å². The molecule has 5 rings (SSSR count). The van der Waals surface area contributed by atoms with E-state index in [1.54, 1.807) is 17.2 Å². The first-order valence-electron chi connectivity index (χ1n) is 12.9. The second kappa shape index (κ2) is 11.3. The Morgan fingerprint density at radius 2 is 2.03 bits per heavy atom. The monoisotopic (exact) mass is 510 g/mol. The maximum Gasteiger partial charge on any atom is 0.242 e. The van der Waals surface area contributed by atoms with Crippen LogP contribution >= 0.6 is 0 Å². The van der Waals surface area contributed by atoms with E-state index in [2.05, 4.69) is 27.4 Å². The summed E-state index contributed by atoms with van der Waals surface area (Å²) >= 11 is 0. The van der Waals surface area contributed by atoms with Crippen molar-refractivity contribution in [1.29, 1.82) is 5.26 Å². The van der Waals surface area contributed by atoms with E-state index in [9.17, 15) is 14.9 Å². The number of amides is 2. The number of furan rings is 1. The van der Waals surface area contributed by atoms with Gasteiger partial charge in [-0.3, -0.25) is 14.9 Å². The number of benzene rings is 2. The van der Waals surface area contributed by atoms with Crippen LogP contribution in [-0.4, -0.2) is 53.4 Å². The zero-order chi connectivity index (χ0) is 26.5. The summed E-state index contributed by atoms with van der Waals surface area (Å²) in [7, 11) is 0. The molecule has 1 fully saturated rings. The van der Waals surface area contributed by atoms with Crippen molar-refractivity contribution in [3.05, 3.63) is 65.4 Å². The number of carbonyl (C=O) groups is 2. The largest absolute Gasteiger partial charge is 0.461 e. The third kappa shape index (κ3) is 5.75. The van der Waals surface area contributed by atoms with Crippen LogP contribution in [0.3, 0.4) is 0 Å². The van der Waals surface area contributed by atoms with E-state index in [0.29, 0.717) is 31.7 Å². The first-order valence-corrected chi connectivity index (χ1v) is 12.9. The van der Waals surface area contributed by atoms with E-state index in [1.165, 1.54) is 5.56 Å². The number of hydrogen-bond acceptors (Lipinski definition) is 5. The van der Waals surface area contributed by atoms with Gasteiger partial charge in [-0.05, 0) is 61.6 Å². The van der Waals surface area contributed by atoms with Crippen molar-refractivity contribution < 1.29 is 14.0 Å². The van der Waals surface area contributed by atoms with Crippen LogP contribution in [-0.2, 0) is 22.6 Å². The zero-order valence-corrected chi connectivity index (χ0v) is 21.4. The molecule has 1 aromatic heterocycles. The fourth-order valence-electron chi connectivity index (χ4n) is 5.06. The minimum Gasteiger partial charge on any atom is -0.461 e. The highest BCUT2D eigenvalue weighted by atomic mass is 16.3. The smallest absolute Gasteiger partial charge is 0.242 e. The first-order chi connectivity index (χ1) is 18.5. The summed E-state index contributed by atoms with van der Waals surface area (Å²) in [4.78, 5) is 38.8. The molecule has 2 amide bonds. The average Bonchev–Trinajstić information content (AvgIpc) is 3.21. The molecule has 1 N–H and O–H groups in total. The van der Waals surface area contributed by atoms with Crippen molar-refractivity contribution in [1.82, 2.24) is 15.1 Å². The number of carbonyl (C=O) groups excluding carboxylic acids is 2. The van der Waals surface area contributed by atoms with Crippen LogP contribution in [0.2, 0.25) is 0 Å². The SMILES string of the molecule is Cc1cc2cc(N=C(/N=C\C3CCCCN(CC(=O)N4CCc5ccccc5C4)C3=O)NC#N)ccc2o1. The number of nitrogens with zero attached hydrogens (tertiary/aromatic N) is 5. The lowest BCUT2D eigenvalue weighted by molar-refractivity contribution is -0.141. The molecule has 0 saturated carbocycles. The number of aliphatic imine (C=N–C) groups is 2. The Bertz CT molecular complexity index is 1450. The van der Waals surface area contributed by atoms with Crippen LogP contribution in [0.5, 0.6) is 0 Å². The summed E-state index contributed by atoms with van der Waals surface area (Å²) in [6.45, 7) is 3.72. The van der Waals surface area contributed by atoms with Crippen LogP contribution in [0.15, 0.2) is 62.9 Å². The molecular formula is C29H30N6O3. The molecule has 1 atom stereocenters. The van der Waals surface area contributed by atoms with Gasteiger partial charge in [0.1, 0.15) is 11.3 Å². The molecule has 3 aromatic rings. The van der Waals surface area contributed by atoms with Crippen molar-refractivity contribution in [3.63, 3.8) is 0 Å². The molecule has 0 radical (unpaired) electrons. The predicted octanol–water partition coefficient (Wildman–Crippen LogP) is 4.08. The van der Waals surface area contributed by atoms with Gasteiger partial charge in [0.2, 0.25) is 17.8 Å². The van der Waals surface area contributed by atoms with Crippen LogP contribution in [0.4, 0.5) is 5.69 Å². The van der Waals surface area contributed by atoms with Gasteiger partial charge in [0.25, 0.3) is 0 Å². The van der Waals surface area contributed by atoms with Crippen LogP contribution in [0, 0.1) is 24.3 Å². The van der Waals surface area contributed by atoms with Gasteiger partial charge < -0.3 is 14.2 Å². The lowest BCUT2D eigenvalue weighted by Crippen LogP contribution is -2.46. The summed E-state index contributed by atoms with van der Waals surface area (Å²) in [5.41, 5.74) is 3.81. The van der Waals surface area contributed by atoms with E-state index in [-0.39, 0.29) is 24.3 Å². The van der Waals surface area contributed by atoms with Gasteiger partial charge >= 0.3 is 0 Å². The molecule has 0 bridgehead atoms. The molecule has 1 saturated heterocycles. The summed E-state index contributed by atoms with van der Waals surface area (Å²) < 4.78 is 5.60. The van der Waals surface area contributed by atoms with E-state index in [0.717, 1.165) is 41.6 Å². The first kappa shape index (κ1) is 25.2. The van der Waals surface area contributed by atoms with Crippen LogP contribution in [0.25, 0.3) is 11.0 Å². The minimum atomic E-state index is -0.489. The van der Waals surface area contributed by atoms with Crippen molar-refractivity contribution in [2.75, 3.05) is 19.6 Å². The Hall–Kier alpha value is -4.45. The summed E-state index contributed by atoms with van der Waals surface area (Å²) in [6, 6.07) is 15.5. The zero-order valence-electron chi connectivity index (χ0n) is 21.4. The van der Waals surface area contributed by atoms with Gasteiger partial charge in [0.05, 0.1) is 18.2 Å². The Kier molecular flexibility index (Phi) is 7.50. The van der Waals surface area contributed by atoms with E-state index in [1.807, 2.05) is 48.3 Å². The molecule has 2 aliphatic heterocycles. The maximum atomic E-state index is 13.4. The van der Waals surface area contributed by atoms with Gasteiger partial charge in [0, 0.05) is 31.2 Å². The van der Waals surface area contributed by atoms with Crippen molar-refractivity contribution >= 4 is 40.6 Å². The third-order valence-corrected chi connectivity index (χ3v) is 7.03. The third-order valence-electron chi connectivity index (χ3n) is 7.03. The molecule has 2 aromatic carbocycles. The Labute approximate surface area is 221 Å². The number of nitriles is 1. The molecule has 3 heterocycles. The average molecular weight is 511 g/mol. The minimum absolute atomic E-state index is 0.0382. The lowest BCUT2D eigenvalue weighted by Gasteiger charge is -2.31. The van der Waals surface area contributed by atoms with Crippen LogP contribution in [0.1, 0.15) is 36.1 Å². The molecule has 38 heavy (non-hydrogen) atoms. The van der Waals surface area contributed by atoms with Crippen molar-refractivity contribution in [2.45, 2.75) is 39.2 Å². The second-order valence-electron chi connectivity index (χ2n) is 9.73. The molecule has 0 spiro atoms. The van der Waals surface area contributed by atoms with Gasteiger partial charge in [0.15, 0.2) is 6.19 Å². The van der Waals surface area contributed by atoms with Gasteiger partial charge in [-0.1, -0.05) is 30.7 Å². The fraction of sp³-hybridized carbons (Fsp3) is 0.345. The number of fused-ring (bicyclic) bond motifs is 2. The summed E-state index contributed by atoms with van der Waals surface area (Å²) in [5, 5.41) is 12.6. The van der Waals surface area contributed by atoms with Crippen molar-refractivity contribution in [2.24, 2.45) is 15.9 Å². The Balaban J connectivity index is 1.27. The highest BCUT2D eigenvalue weighted by Crippen LogP contribution is 2.25. The number of aryl methyl sites for hydroxylation is 1. The molecular weight excluding hydrogens is 480 g/mol. The highest BCUT2D eigenvalue weighted by molar-refractivity contribution is 6.00. The Morgan fingerprint density at radius 1 is 1.18 bits per heavy atom. The highest BCUT2D eigenvalue weighted by Gasteiger charge is 2.29. The number of guanidine groups is 1. The summed E-state index contributed by atoms with van der Waals surface area (Å²) in [5.74, 6) is 0.248. The second-order valence-corrected chi connectivity index (χ2v) is 9.73. The number of hydrogen-bond donors (Lipinski definition) is 1. The quantitative estimate of drug-likeness (QED) is 0.246. The molecule has 9 nitrogen and oxygen atoms in total. The molecule has 0 aliphatic carbocycles. The molecule has 1 unspecified atom stereocenters. The van der Waals surface area contributed by atoms with Crippen molar-refractivity contribution in [3.8, 4) is 6.19 Å². The molecule has 194 valence electrons. The fourth-order valence-corrected chi connectivity index (χ4v) is 5.06. The van der Waals surface area contributed by atoms with Gasteiger partial charge in [-0.2, -0.15) is 5.26 Å². The standard InChI is InChI=1S/C29H30N6O3/c1-20-14-24-15-25(9-10-26(24)38-20)33-29(32-19-30)31-16-22-7-4-5-12-35(28(22)37)18-27(36)34-13-11-21-6-2-3-8-23(21)17-34/h2-3,6,8-10,14-16,22H,4-5,7,11-13,17-18H2,1H3,(H,32,33)/b31-16-. The molecule has 2 aliphatic rings. The number of likely N-dealkylation sites (tertiary alicyclic amines) is 1. The summed E-state index contributed by atoms with van der Waals surface area (Å²) in [6.07, 6.45) is 6.54. The van der Waals surface area contributed by atoms with E-state index < -0.39 is 5.92 Å².